The number of aromatic nitrogens is 3. The lowest BCUT2D eigenvalue weighted by atomic mass is 10.2. The van der Waals surface area contributed by atoms with Gasteiger partial charge in [-0.15, -0.1) is 10.2 Å². The molecular formula is C20H21ClN4O2S. The van der Waals surface area contributed by atoms with Gasteiger partial charge in [0.1, 0.15) is 5.75 Å². The molecule has 0 saturated heterocycles. The molecule has 1 atom stereocenters. The Kier molecular flexibility index (Phi) is 6.26. The standard InChI is InChI=1S/C20H21ClN4O2S/c1-12-5-8-15(21)11-17(12)22-19(26)13(2)28-20-24-23-18(25(20)3)14-6-9-16(27-4)10-7-14/h5-11,13H,1-4H3,(H,22,26). The van der Waals surface area contributed by atoms with Crippen LogP contribution >= 0.6 is 23.4 Å². The molecule has 0 spiro atoms. The van der Waals surface area contributed by atoms with E-state index in [2.05, 4.69) is 15.5 Å². The highest BCUT2D eigenvalue weighted by molar-refractivity contribution is 8.00. The molecule has 1 N–H and O–H groups in total. The van der Waals surface area contributed by atoms with Gasteiger partial charge in [-0.05, 0) is 55.8 Å². The monoisotopic (exact) mass is 416 g/mol. The quantitative estimate of drug-likeness (QED) is 0.596. The number of carbonyl (C=O) groups excluding carboxylic acids is 1. The van der Waals surface area contributed by atoms with Crippen LogP contribution in [-0.2, 0) is 11.8 Å². The van der Waals surface area contributed by atoms with Gasteiger partial charge in [-0.2, -0.15) is 0 Å². The summed E-state index contributed by atoms with van der Waals surface area (Å²) in [5, 5.41) is 12.3. The summed E-state index contributed by atoms with van der Waals surface area (Å²) in [6.07, 6.45) is 0. The summed E-state index contributed by atoms with van der Waals surface area (Å²) >= 11 is 7.37. The molecule has 0 radical (unpaired) electrons. The molecule has 28 heavy (non-hydrogen) atoms. The highest BCUT2D eigenvalue weighted by Crippen LogP contribution is 2.28. The van der Waals surface area contributed by atoms with Gasteiger partial charge in [0.25, 0.3) is 0 Å². The molecule has 1 heterocycles. The molecular weight excluding hydrogens is 396 g/mol. The average molecular weight is 417 g/mol. The number of methoxy groups -OCH3 is 1. The zero-order valence-electron chi connectivity index (χ0n) is 16.1. The van der Waals surface area contributed by atoms with Crippen molar-refractivity contribution in [2.45, 2.75) is 24.3 Å². The summed E-state index contributed by atoms with van der Waals surface area (Å²) in [7, 11) is 3.51. The summed E-state index contributed by atoms with van der Waals surface area (Å²) in [4.78, 5) is 12.6. The number of nitrogens with zero attached hydrogens (tertiary/aromatic N) is 3. The van der Waals surface area contributed by atoms with Crippen LogP contribution in [0.1, 0.15) is 12.5 Å². The fraction of sp³-hybridized carbons (Fsp3) is 0.250. The van der Waals surface area contributed by atoms with Gasteiger partial charge in [-0.1, -0.05) is 29.4 Å². The van der Waals surface area contributed by atoms with Gasteiger partial charge in [0.2, 0.25) is 5.91 Å². The lowest BCUT2D eigenvalue weighted by Gasteiger charge is -2.13. The topological polar surface area (TPSA) is 69.0 Å². The van der Waals surface area contributed by atoms with Crippen molar-refractivity contribution in [2.24, 2.45) is 7.05 Å². The van der Waals surface area contributed by atoms with E-state index in [-0.39, 0.29) is 11.2 Å². The molecule has 0 bridgehead atoms. The summed E-state index contributed by atoms with van der Waals surface area (Å²) in [5.41, 5.74) is 2.59. The maximum Gasteiger partial charge on any atom is 0.237 e. The second kappa shape index (κ2) is 8.67. The molecule has 8 heteroatoms. The molecule has 3 aromatic rings. The first-order valence-corrected chi connectivity index (χ1v) is 9.92. The fourth-order valence-corrected chi connectivity index (χ4v) is 3.57. The molecule has 0 aliphatic carbocycles. The molecule has 0 aliphatic heterocycles. The minimum Gasteiger partial charge on any atom is -0.497 e. The number of amides is 1. The number of thioether (sulfide) groups is 1. The molecule has 1 amide bonds. The minimum atomic E-state index is -0.356. The molecule has 0 saturated carbocycles. The lowest BCUT2D eigenvalue weighted by molar-refractivity contribution is -0.115. The summed E-state index contributed by atoms with van der Waals surface area (Å²) in [6.45, 7) is 3.76. The fourth-order valence-electron chi connectivity index (χ4n) is 2.58. The third kappa shape index (κ3) is 4.48. The zero-order chi connectivity index (χ0) is 20.3. The van der Waals surface area contributed by atoms with Crippen molar-refractivity contribution in [1.82, 2.24) is 14.8 Å². The van der Waals surface area contributed by atoms with Crippen LogP contribution in [-0.4, -0.2) is 33.0 Å². The van der Waals surface area contributed by atoms with E-state index in [1.165, 1.54) is 11.8 Å². The van der Waals surface area contributed by atoms with Gasteiger partial charge in [0, 0.05) is 23.3 Å². The van der Waals surface area contributed by atoms with Gasteiger partial charge in [-0.25, -0.2) is 0 Å². The van der Waals surface area contributed by atoms with Crippen molar-refractivity contribution < 1.29 is 9.53 Å². The van der Waals surface area contributed by atoms with E-state index in [9.17, 15) is 4.79 Å². The predicted octanol–water partition coefficient (Wildman–Crippen LogP) is 4.57. The zero-order valence-corrected chi connectivity index (χ0v) is 17.6. The molecule has 146 valence electrons. The first-order chi connectivity index (χ1) is 13.4. The van der Waals surface area contributed by atoms with E-state index in [1.807, 2.05) is 55.8 Å². The van der Waals surface area contributed by atoms with Crippen LogP contribution in [0.5, 0.6) is 5.75 Å². The van der Waals surface area contributed by atoms with Gasteiger partial charge in [0.15, 0.2) is 11.0 Å². The molecule has 0 fully saturated rings. The molecule has 6 nitrogen and oxygen atoms in total. The Hall–Kier alpha value is -2.51. The van der Waals surface area contributed by atoms with Gasteiger partial charge in [0.05, 0.1) is 12.4 Å². The Bertz CT molecular complexity index is 988. The third-order valence-corrected chi connectivity index (χ3v) is 5.66. The van der Waals surface area contributed by atoms with E-state index >= 15 is 0 Å². The van der Waals surface area contributed by atoms with Crippen molar-refractivity contribution in [2.75, 3.05) is 12.4 Å². The van der Waals surface area contributed by atoms with Crippen LogP contribution in [0.2, 0.25) is 5.02 Å². The second-order valence-electron chi connectivity index (χ2n) is 6.30. The predicted molar refractivity (Wildman–Crippen MR) is 113 cm³/mol. The Morgan fingerprint density at radius 2 is 1.93 bits per heavy atom. The van der Waals surface area contributed by atoms with Crippen LogP contribution in [0.25, 0.3) is 11.4 Å². The Balaban J connectivity index is 1.71. The number of hydrogen-bond donors (Lipinski definition) is 1. The molecule has 3 rings (SSSR count). The Labute approximate surface area is 173 Å². The molecule has 1 aromatic heterocycles. The van der Waals surface area contributed by atoms with E-state index in [0.717, 1.165) is 22.7 Å². The maximum absolute atomic E-state index is 12.6. The van der Waals surface area contributed by atoms with Crippen molar-refractivity contribution >= 4 is 35.0 Å². The van der Waals surface area contributed by atoms with Gasteiger partial charge >= 0.3 is 0 Å². The van der Waals surface area contributed by atoms with Crippen molar-refractivity contribution in [3.8, 4) is 17.1 Å². The van der Waals surface area contributed by atoms with E-state index in [1.54, 1.807) is 19.2 Å². The summed E-state index contributed by atoms with van der Waals surface area (Å²) in [6, 6.07) is 13.0. The van der Waals surface area contributed by atoms with Crippen LogP contribution in [0, 0.1) is 6.92 Å². The number of rotatable bonds is 6. The second-order valence-corrected chi connectivity index (χ2v) is 8.05. The van der Waals surface area contributed by atoms with Crippen molar-refractivity contribution in [3.05, 3.63) is 53.1 Å². The average Bonchev–Trinajstić information content (AvgIpc) is 3.05. The highest BCUT2D eigenvalue weighted by atomic mass is 35.5. The number of nitrogens with one attached hydrogen (secondary N) is 1. The molecule has 1 unspecified atom stereocenters. The Morgan fingerprint density at radius 3 is 2.61 bits per heavy atom. The highest BCUT2D eigenvalue weighted by Gasteiger charge is 2.20. The smallest absolute Gasteiger partial charge is 0.237 e. The normalized spacial score (nSPS) is 11.9. The first kappa shape index (κ1) is 20.2. The van der Waals surface area contributed by atoms with Crippen LogP contribution in [0.3, 0.4) is 0 Å². The largest absolute Gasteiger partial charge is 0.497 e. The summed E-state index contributed by atoms with van der Waals surface area (Å²) in [5.74, 6) is 1.38. The van der Waals surface area contributed by atoms with Crippen LogP contribution in [0.4, 0.5) is 5.69 Å². The van der Waals surface area contributed by atoms with Gasteiger partial charge < -0.3 is 14.6 Å². The SMILES string of the molecule is COc1ccc(-c2nnc(SC(C)C(=O)Nc3cc(Cl)ccc3C)n2C)cc1. The van der Waals surface area contributed by atoms with Gasteiger partial charge in [-0.3, -0.25) is 4.79 Å². The van der Waals surface area contributed by atoms with E-state index in [0.29, 0.717) is 15.9 Å². The number of aryl methyl sites for hydroxylation is 1. The molecule has 0 aliphatic rings. The lowest BCUT2D eigenvalue weighted by Crippen LogP contribution is -2.23. The number of halogens is 1. The van der Waals surface area contributed by atoms with Crippen molar-refractivity contribution in [1.29, 1.82) is 0 Å². The number of hydrogen-bond acceptors (Lipinski definition) is 5. The number of benzene rings is 2. The number of ether oxygens (including phenoxy) is 1. The van der Waals surface area contributed by atoms with E-state index < -0.39 is 0 Å². The molecule has 2 aromatic carbocycles. The summed E-state index contributed by atoms with van der Waals surface area (Å²) < 4.78 is 7.06. The maximum atomic E-state index is 12.6. The van der Waals surface area contributed by atoms with Crippen LogP contribution < -0.4 is 10.1 Å². The van der Waals surface area contributed by atoms with E-state index in [4.69, 9.17) is 16.3 Å². The first-order valence-electron chi connectivity index (χ1n) is 8.66. The van der Waals surface area contributed by atoms with Crippen LogP contribution in [0.15, 0.2) is 47.6 Å². The number of carbonyl (C=O) groups is 1. The third-order valence-electron chi connectivity index (χ3n) is 4.29. The minimum absolute atomic E-state index is 0.121. The Morgan fingerprint density at radius 1 is 1.21 bits per heavy atom. The number of anilines is 1. The van der Waals surface area contributed by atoms with Crippen molar-refractivity contribution in [3.63, 3.8) is 0 Å².